The van der Waals surface area contributed by atoms with Gasteiger partial charge in [-0.25, -0.2) is 26.7 Å². The van der Waals surface area contributed by atoms with Crippen LogP contribution in [-0.4, -0.2) is 33.2 Å². The van der Waals surface area contributed by atoms with Gasteiger partial charge in [0, 0.05) is 6.54 Å². The van der Waals surface area contributed by atoms with E-state index in [4.69, 9.17) is 10.2 Å². The Morgan fingerprint density at radius 1 is 1.25 bits per heavy atom. The van der Waals surface area contributed by atoms with Gasteiger partial charge < -0.3 is 5.11 Å². The molecule has 0 aromatic heterocycles. The van der Waals surface area contributed by atoms with Crippen molar-refractivity contribution in [2.24, 2.45) is 5.14 Å². The molecule has 20 heavy (non-hydrogen) atoms. The number of sulfonamides is 2. The maximum Gasteiger partial charge on any atom is 0.323 e. The van der Waals surface area contributed by atoms with Crippen molar-refractivity contribution in [3.05, 3.63) is 29.8 Å². The highest BCUT2D eigenvalue weighted by atomic mass is 32.2. The summed E-state index contributed by atoms with van der Waals surface area (Å²) in [7, 11) is -7.79. The first kappa shape index (κ1) is 16.6. The van der Waals surface area contributed by atoms with E-state index in [9.17, 15) is 21.6 Å². The van der Waals surface area contributed by atoms with Crippen molar-refractivity contribution < 1.29 is 26.7 Å². The Kier molecular flexibility index (Phi) is 4.86. The lowest BCUT2D eigenvalue weighted by Crippen LogP contribution is -2.37. The van der Waals surface area contributed by atoms with Gasteiger partial charge in [0.25, 0.3) is 0 Å². The molecule has 1 atom stereocenters. The van der Waals surface area contributed by atoms with E-state index in [1.165, 1.54) is 24.3 Å². The number of carboxylic acid groups (broad SMARTS) is 1. The van der Waals surface area contributed by atoms with Gasteiger partial charge in [0.2, 0.25) is 20.0 Å². The van der Waals surface area contributed by atoms with Crippen molar-refractivity contribution in [2.75, 3.05) is 0 Å². The molecule has 112 valence electrons. The van der Waals surface area contributed by atoms with Crippen LogP contribution in [0.4, 0.5) is 0 Å². The third-order valence-corrected chi connectivity index (χ3v) is 5.15. The summed E-state index contributed by atoms with van der Waals surface area (Å²) >= 11 is 0. The number of primary sulfonamides is 1. The van der Waals surface area contributed by atoms with E-state index >= 15 is 0 Å². The molecule has 0 bridgehead atoms. The second-order valence-corrected chi connectivity index (χ2v) is 7.68. The Balaban J connectivity index is 2.79. The highest BCUT2D eigenvalue weighted by molar-refractivity contribution is 7.90. The molecule has 1 aromatic carbocycles. The molecule has 0 spiro atoms. The number of carbonyl (C=O) groups is 1. The van der Waals surface area contributed by atoms with Crippen LogP contribution < -0.4 is 9.86 Å². The quantitative estimate of drug-likeness (QED) is 0.627. The highest BCUT2D eigenvalue weighted by Gasteiger charge is 2.26. The number of hydrogen-bond acceptors (Lipinski definition) is 5. The fourth-order valence-corrected chi connectivity index (χ4v) is 2.64. The normalized spacial score (nSPS) is 13.9. The maximum absolute atomic E-state index is 11.6. The zero-order valence-electron chi connectivity index (χ0n) is 10.5. The summed E-state index contributed by atoms with van der Waals surface area (Å²) in [5.41, 5.74) is 0.471. The monoisotopic (exact) mass is 322 g/mol. The summed E-state index contributed by atoms with van der Waals surface area (Å²) in [6, 6.07) is 5.24. The average molecular weight is 322 g/mol. The molecule has 0 aliphatic heterocycles. The highest BCUT2D eigenvalue weighted by Crippen LogP contribution is 2.09. The lowest BCUT2D eigenvalue weighted by Gasteiger charge is -2.10. The number of nitrogens with two attached hydrogens (primary N) is 1. The molecule has 0 amide bonds. The fourth-order valence-electron chi connectivity index (χ4n) is 1.24. The number of hydrogen-bond donors (Lipinski definition) is 3. The molecule has 0 aliphatic rings. The predicted molar refractivity (Wildman–Crippen MR) is 70.7 cm³/mol. The van der Waals surface area contributed by atoms with Crippen LogP contribution in [0.1, 0.15) is 12.5 Å². The molecule has 1 rings (SSSR count). The van der Waals surface area contributed by atoms with Crippen molar-refractivity contribution in [1.29, 1.82) is 0 Å². The molecule has 4 N–H and O–H groups in total. The lowest BCUT2D eigenvalue weighted by molar-refractivity contribution is -0.136. The first-order chi connectivity index (χ1) is 9.04. The molecule has 8 nitrogen and oxygen atoms in total. The van der Waals surface area contributed by atoms with Crippen LogP contribution in [0.5, 0.6) is 0 Å². The largest absolute Gasteiger partial charge is 0.480 e. The van der Waals surface area contributed by atoms with Gasteiger partial charge in [0.1, 0.15) is 0 Å². The maximum atomic E-state index is 11.6. The number of carboxylic acids is 1. The minimum atomic E-state index is -3.99. The molecule has 0 heterocycles. The Morgan fingerprint density at radius 2 is 1.75 bits per heavy atom. The van der Waals surface area contributed by atoms with E-state index in [2.05, 4.69) is 4.72 Å². The van der Waals surface area contributed by atoms with Gasteiger partial charge in [-0.1, -0.05) is 12.1 Å². The SMILES string of the molecule is CC(C(=O)O)S(=O)(=O)NCc1ccc(S(N)(=O)=O)cc1. The molecular formula is C10H14N2O6S2. The first-order valence-corrected chi connectivity index (χ1v) is 8.46. The van der Waals surface area contributed by atoms with Crippen LogP contribution in [0, 0.1) is 0 Å². The molecule has 0 aliphatic carbocycles. The van der Waals surface area contributed by atoms with E-state index in [0.717, 1.165) is 6.92 Å². The van der Waals surface area contributed by atoms with E-state index in [0.29, 0.717) is 5.56 Å². The Bertz CT molecular complexity index is 694. The predicted octanol–water partition coefficient (Wildman–Crippen LogP) is -0.773. The molecule has 0 radical (unpaired) electrons. The summed E-state index contributed by atoms with van der Waals surface area (Å²) in [6.45, 7) is 0.902. The van der Waals surface area contributed by atoms with Gasteiger partial charge >= 0.3 is 5.97 Å². The summed E-state index contributed by atoms with van der Waals surface area (Å²) in [5.74, 6) is -1.46. The van der Waals surface area contributed by atoms with Crippen molar-refractivity contribution in [1.82, 2.24) is 4.72 Å². The minimum Gasteiger partial charge on any atom is -0.480 e. The van der Waals surface area contributed by atoms with Crippen molar-refractivity contribution >= 4 is 26.0 Å². The minimum absolute atomic E-state index is 0.0944. The second-order valence-electron chi connectivity index (χ2n) is 4.04. The zero-order chi connectivity index (χ0) is 15.6. The van der Waals surface area contributed by atoms with Crippen molar-refractivity contribution in [2.45, 2.75) is 23.6 Å². The summed E-state index contributed by atoms with van der Waals surface area (Å²) in [6.07, 6.45) is 0. The molecular weight excluding hydrogens is 308 g/mol. The number of rotatable bonds is 6. The van der Waals surface area contributed by atoms with Gasteiger partial charge in [-0.05, 0) is 24.6 Å². The molecule has 0 saturated heterocycles. The van der Waals surface area contributed by atoms with Crippen LogP contribution >= 0.6 is 0 Å². The van der Waals surface area contributed by atoms with E-state index < -0.39 is 31.3 Å². The van der Waals surface area contributed by atoms with E-state index in [1.54, 1.807) is 0 Å². The van der Waals surface area contributed by atoms with Gasteiger partial charge in [0.05, 0.1) is 4.90 Å². The number of benzene rings is 1. The Labute approximate surface area is 116 Å². The fraction of sp³-hybridized carbons (Fsp3) is 0.300. The second kappa shape index (κ2) is 5.87. The Hall–Kier alpha value is -1.49. The summed E-state index contributed by atoms with van der Waals surface area (Å²) < 4.78 is 47.3. The third-order valence-electron chi connectivity index (χ3n) is 2.54. The van der Waals surface area contributed by atoms with Gasteiger partial charge in [-0.2, -0.15) is 0 Å². The topological polar surface area (TPSA) is 144 Å². The van der Waals surface area contributed by atoms with Crippen molar-refractivity contribution in [3.63, 3.8) is 0 Å². The van der Waals surface area contributed by atoms with Gasteiger partial charge in [0.15, 0.2) is 5.25 Å². The van der Waals surface area contributed by atoms with Crippen molar-refractivity contribution in [3.8, 4) is 0 Å². The van der Waals surface area contributed by atoms with Crippen LogP contribution in [0.25, 0.3) is 0 Å². The Morgan fingerprint density at radius 3 is 2.15 bits per heavy atom. The van der Waals surface area contributed by atoms with Crippen LogP contribution in [-0.2, 0) is 31.4 Å². The van der Waals surface area contributed by atoms with Crippen LogP contribution in [0.15, 0.2) is 29.2 Å². The smallest absolute Gasteiger partial charge is 0.323 e. The lowest BCUT2D eigenvalue weighted by atomic mass is 10.2. The summed E-state index contributed by atoms with van der Waals surface area (Å²) in [4.78, 5) is 10.5. The van der Waals surface area contributed by atoms with Gasteiger partial charge in [-0.3, -0.25) is 4.79 Å². The number of nitrogens with one attached hydrogen (secondary N) is 1. The molecule has 1 aromatic rings. The van der Waals surface area contributed by atoms with Gasteiger partial charge in [-0.15, -0.1) is 0 Å². The third kappa shape index (κ3) is 4.27. The first-order valence-electron chi connectivity index (χ1n) is 5.37. The zero-order valence-corrected chi connectivity index (χ0v) is 12.1. The standard InChI is InChI=1S/C10H14N2O6S2/c1-7(10(13)14)20(17,18)12-6-8-2-4-9(5-3-8)19(11,15)16/h2-5,7,12H,6H2,1H3,(H,13,14)(H2,11,15,16). The molecule has 0 saturated carbocycles. The average Bonchev–Trinajstić information content (AvgIpc) is 2.35. The molecule has 0 fully saturated rings. The molecule has 10 heteroatoms. The van der Waals surface area contributed by atoms with Crippen LogP contribution in [0.3, 0.4) is 0 Å². The molecule has 1 unspecified atom stereocenters. The number of aliphatic carboxylic acids is 1. The van der Waals surface area contributed by atoms with E-state index in [1.807, 2.05) is 0 Å². The van der Waals surface area contributed by atoms with E-state index in [-0.39, 0.29) is 11.4 Å². The van der Waals surface area contributed by atoms with Crippen LogP contribution in [0.2, 0.25) is 0 Å². The summed E-state index contributed by atoms with van der Waals surface area (Å²) in [5, 5.41) is 12.0.